The summed E-state index contributed by atoms with van der Waals surface area (Å²) >= 11 is 0. The highest BCUT2D eigenvalue weighted by Gasteiger charge is 2.33. The van der Waals surface area contributed by atoms with Crippen molar-refractivity contribution in [1.29, 1.82) is 0 Å². The second-order valence-electron chi connectivity index (χ2n) is 3.92. The fraction of sp³-hybridized carbons (Fsp3) is 0.333. The number of alkyl halides is 3. The monoisotopic (exact) mass is 288 g/mol. The molecule has 1 aromatic rings. The highest BCUT2D eigenvalue weighted by Crippen LogP contribution is 2.35. The molecule has 0 unspecified atom stereocenters. The number of aliphatic hydroxyl groups is 1. The second-order valence-corrected chi connectivity index (χ2v) is 3.92. The van der Waals surface area contributed by atoms with Crippen molar-refractivity contribution in [3.63, 3.8) is 0 Å². The molecule has 0 heterocycles. The number of benzene rings is 1. The fourth-order valence-corrected chi connectivity index (χ4v) is 1.50. The normalized spacial score (nSPS) is 12.6. The van der Waals surface area contributed by atoms with Crippen LogP contribution in [0.5, 0.6) is 0 Å². The zero-order valence-corrected chi connectivity index (χ0v) is 10.1. The Kier molecular flexibility index (Phi) is 4.94. The van der Waals surface area contributed by atoms with Gasteiger partial charge in [-0.25, -0.2) is 0 Å². The number of nitro groups is 1. The quantitative estimate of drug-likeness (QED) is 0.495. The van der Waals surface area contributed by atoms with Gasteiger partial charge in [0.25, 0.3) is 5.69 Å². The Morgan fingerprint density at radius 3 is 2.60 bits per heavy atom. The molecule has 0 aromatic heterocycles. The molecule has 0 fully saturated rings. The molecule has 0 aliphatic heterocycles. The first-order valence-corrected chi connectivity index (χ1v) is 5.46. The van der Waals surface area contributed by atoms with E-state index in [0.717, 1.165) is 12.1 Å². The number of hydrogen-bond donors (Lipinski definition) is 2. The molecular formula is C12H11F3N2O3. The molecule has 0 spiro atoms. The van der Waals surface area contributed by atoms with Gasteiger partial charge in [-0.15, -0.1) is 12.3 Å². The number of anilines is 1. The summed E-state index contributed by atoms with van der Waals surface area (Å²) in [5.74, 6) is 2.25. The van der Waals surface area contributed by atoms with Gasteiger partial charge in [-0.1, -0.05) is 0 Å². The van der Waals surface area contributed by atoms with E-state index in [-0.39, 0.29) is 12.1 Å². The number of aliphatic hydroxyl groups excluding tert-OH is 1. The van der Waals surface area contributed by atoms with Crippen molar-refractivity contribution < 1.29 is 23.2 Å². The van der Waals surface area contributed by atoms with E-state index < -0.39 is 35.0 Å². The number of terminal acetylenes is 1. The summed E-state index contributed by atoms with van der Waals surface area (Å²) in [6.07, 6.45) is 0.464. The largest absolute Gasteiger partial charge is 0.416 e. The minimum atomic E-state index is -4.67. The molecule has 0 radical (unpaired) electrons. The van der Waals surface area contributed by atoms with Gasteiger partial charge in [0.05, 0.1) is 23.1 Å². The van der Waals surface area contributed by atoms with Gasteiger partial charge in [0, 0.05) is 12.5 Å². The van der Waals surface area contributed by atoms with E-state index in [1.165, 1.54) is 0 Å². The number of nitro benzene ring substituents is 1. The van der Waals surface area contributed by atoms with Gasteiger partial charge in [0.2, 0.25) is 0 Å². The van der Waals surface area contributed by atoms with Gasteiger partial charge in [-0.05, 0) is 12.1 Å². The highest BCUT2D eigenvalue weighted by molar-refractivity contribution is 5.63. The topological polar surface area (TPSA) is 75.4 Å². The minimum Gasteiger partial charge on any atom is -0.394 e. The van der Waals surface area contributed by atoms with Crippen LogP contribution in [0.15, 0.2) is 18.2 Å². The number of nitrogens with zero attached hydrogens (tertiary/aromatic N) is 1. The summed E-state index contributed by atoms with van der Waals surface area (Å²) < 4.78 is 37.5. The molecule has 108 valence electrons. The lowest BCUT2D eigenvalue weighted by atomic mass is 10.1. The van der Waals surface area contributed by atoms with Crippen molar-refractivity contribution in [2.75, 3.05) is 11.9 Å². The predicted molar refractivity (Wildman–Crippen MR) is 66.0 cm³/mol. The maximum atomic E-state index is 12.5. The summed E-state index contributed by atoms with van der Waals surface area (Å²) in [6.45, 7) is -0.400. The van der Waals surface area contributed by atoms with Crippen molar-refractivity contribution in [3.05, 3.63) is 33.9 Å². The lowest BCUT2D eigenvalue weighted by Crippen LogP contribution is -2.23. The summed E-state index contributed by atoms with van der Waals surface area (Å²) in [7, 11) is 0. The first-order valence-electron chi connectivity index (χ1n) is 5.46. The van der Waals surface area contributed by atoms with Crippen LogP contribution >= 0.6 is 0 Å². The first kappa shape index (κ1) is 15.8. The third-order valence-corrected chi connectivity index (χ3v) is 2.47. The van der Waals surface area contributed by atoms with Crippen LogP contribution in [-0.4, -0.2) is 22.7 Å². The molecule has 5 nitrogen and oxygen atoms in total. The minimum absolute atomic E-state index is 0.0781. The Morgan fingerprint density at radius 1 is 1.50 bits per heavy atom. The highest BCUT2D eigenvalue weighted by atomic mass is 19.4. The molecule has 0 saturated carbocycles. The van der Waals surface area contributed by atoms with E-state index in [9.17, 15) is 23.3 Å². The van der Waals surface area contributed by atoms with Crippen molar-refractivity contribution in [3.8, 4) is 12.3 Å². The van der Waals surface area contributed by atoms with Gasteiger partial charge >= 0.3 is 6.18 Å². The Morgan fingerprint density at radius 2 is 2.15 bits per heavy atom. The Balaban J connectivity index is 3.14. The zero-order valence-electron chi connectivity index (χ0n) is 10.1. The molecule has 2 N–H and O–H groups in total. The van der Waals surface area contributed by atoms with Crippen molar-refractivity contribution >= 4 is 11.4 Å². The van der Waals surface area contributed by atoms with Gasteiger partial charge in [0.15, 0.2) is 0 Å². The average molecular weight is 288 g/mol. The SMILES string of the molecule is C#CC[C@@H](CO)Nc1ccc(C(F)(F)F)cc1[N+](=O)[O-]. The molecular weight excluding hydrogens is 277 g/mol. The van der Waals surface area contributed by atoms with Crippen LogP contribution in [0.3, 0.4) is 0 Å². The maximum Gasteiger partial charge on any atom is 0.416 e. The lowest BCUT2D eigenvalue weighted by molar-refractivity contribution is -0.384. The number of hydrogen-bond acceptors (Lipinski definition) is 4. The Bertz CT molecular complexity index is 538. The second kappa shape index (κ2) is 6.25. The van der Waals surface area contributed by atoms with Crippen LogP contribution in [-0.2, 0) is 6.18 Å². The molecule has 0 saturated heterocycles. The summed E-state index contributed by atoms with van der Waals surface area (Å²) in [4.78, 5) is 9.90. The fourth-order valence-electron chi connectivity index (χ4n) is 1.50. The van der Waals surface area contributed by atoms with Gasteiger partial charge in [-0.3, -0.25) is 10.1 Å². The van der Waals surface area contributed by atoms with Gasteiger partial charge < -0.3 is 10.4 Å². The number of nitrogens with one attached hydrogen (secondary N) is 1. The van der Waals surface area contributed by atoms with Crippen molar-refractivity contribution in [2.24, 2.45) is 0 Å². The van der Waals surface area contributed by atoms with Gasteiger partial charge in [0.1, 0.15) is 5.69 Å². The van der Waals surface area contributed by atoms with Crippen LogP contribution < -0.4 is 5.32 Å². The summed E-state index contributed by atoms with van der Waals surface area (Å²) in [6, 6.07) is 1.43. The smallest absolute Gasteiger partial charge is 0.394 e. The maximum absolute atomic E-state index is 12.5. The number of rotatable bonds is 5. The first-order chi connectivity index (χ1) is 9.29. The molecule has 0 aliphatic rings. The molecule has 1 atom stereocenters. The van der Waals surface area contributed by atoms with Crippen molar-refractivity contribution in [2.45, 2.75) is 18.6 Å². The van der Waals surface area contributed by atoms with E-state index in [1.54, 1.807) is 0 Å². The van der Waals surface area contributed by atoms with E-state index >= 15 is 0 Å². The lowest BCUT2D eigenvalue weighted by Gasteiger charge is -2.16. The third kappa shape index (κ3) is 3.86. The summed E-state index contributed by atoms with van der Waals surface area (Å²) in [5, 5.41) is 22.4. The Hall–Kier alpha value is -2.27. The van der Waals surface area contributed by atoms with E-state index in [0.29, 0.717) is 6.07 Å². The zero-order chi connectivity index (χ0) is 15.3. The standard InChI is InChI=1S/C12H11F3N2O3/c1-2-3-9(7-18)16-10-5-4-8(12(13,14)15)6-11(10)17(19)20/h1,4-6,9,16,18H,3,7H2/t9-/m0/s1. The van der Waals surface area contributed by atoms with Crippen molar-refractivity contribution in [1.82, 2.24) is 0 Å². The third-order valence-electron chi connectivity index (χ3n) is 2.47. The van der Waals surface area contributed by atoms with Gasteiger partial charge in [-0.2, -0.15) is 13.2 Å². The molecule has 20 heavy (non-hydrogen) atoms. The van der Waals surface area contributed by atoms with Crippen LogP contribution in [0.25, 0.3) is 0 Å². The molecule has 1 rings (SSSR count). The molecule has 8 heteroatoms. The number of halogens is 3. The summed E-state index contributed by atoms with van der Waals surface area (Å²) in [5.41, 5.74) is -1.97. The molecule has 0 aliphatic carbocycles. The van der Waals surface area contributed by atoms with Crippen LogP contribution in [0.4, 0.5) is 24.5 Å². The van der Waals surface area contributed by atoms with Crippen LogP contribution in [0.1, 0.15) is 12.0 Å². The average Bonchev–Trinajstić information content (AvgIpc) is 2.36. The molecule has 0 amide bonds. The van der Waals surface area contributed by atoms with Crippen LogP contribution in [0, 0.1) is 22.5 Å². The Labute approximate surface area is 112 Å². The van der Waals surface area contributed by atoms with E-state index in [2.05, 4.69) is 11.2 Å². The van der Waals surface area contributed by atoms with Crippen LogP contribution in [0.2, 0.25) is 0 Å². The van der Waals surface area contributed by atoms with E-state index in [1.807, 2.05) is 0 Å². The van der Waals surface area contributed by atoms with E-state index in [4.69, 9.17) is 11.5 Å². The predicted octanol–water partition coefficient (Wildman–Crippen LogP) is 2.41. The molecule has 0 bridgehead atoms. The molecule has 1 aromatic carbocycles.